The maximum Gasteiger partial charge on any atom is 0.430 e. The van der Waals surface area contributed by atoms with Crippen LogP contribution in [0.1, 0.15) is 53.0 Å². The van der Waals surface area contributed by atoms with Crippen molar-refractivity contribution in [3.63, 3.8) is 0 Å². The number of ketones is 1. The SMILES string of the molecule is C.C.C=CCN(CC=C)c1ccc2c(c1)[Si](C)(C)c1cc(N(CC=C)CC=C)ccc1C2=O.Cc1ccccc1Br.Cc1ccccc1C1=C2C=CC(=N)C=C2[Si](C)(C)c2cc(N)ccc21.O=C([O-])C(F)(F)F. The lowest BCUT2D eigenvalue weighted by Gasteiger charge is -2.38. The fourth-order valence-corrected chi connectivity index (χ4v) is 15.4. The van der Waals surface area contributed by atoms with Crippen LogP contribution in [0, 0.1) is 19.3 Å². The Morgan fingerprint density at radius 1 is 0.671 bits per heavy atom. The monoisotopic (exact) mass is 1090 g/mol. The molecule has 384 valence electrons. The minimum atomic E-state index is -5.19. The van der Waals surface area contributed by atoms with Crippen molar-refractivity contribution >= 4 is 87.7 Å². The number of anilines is 3. The quantitative estimate of drug-likeness (QED) is 0.0774. The van der Waals surface area contributed by atoms with E-state index in [0.29, 0.717) is 5.71 Å². The lowest BCUT2D eigenvalue weighted by atomic mass is 9.88. The molecule has 0 atom stereocenters. The molecular formula is C60H69BrF3N4O3Si2-. The first-order valence-electron chi connectivity index (χ1n) is 23.0. The third kappa shape index (κ3) is 13.8. The van der Waals surface area contributed by atoms with Crippen molar-refractivity contribution in [2.24, 2.45) is 0 Å². The van der Waals surface area contributed by atoms with Crippen LogP contribution in [-0.2, 0) is 4.79 Å². The molecule has 3 N–H and O–H groups in total. The molecule has 0 bridgehead atoms. The molecule has 3 aliphatic rings. The number of halogens is 4. The molecule has 0 saturated carbocycles. The number of nitrogen functional groups attached to an aromatic ring is 1. The molecule has 2 heterocycles. The summed E-state index contributed by atoms with van der Waals surface area (Å²) in [5.74, 6) is -2.89. The second-order valence-corrected chi connectivity index (χ2v) is 27.8. The Balaban J connectivity index is 0.000000297. The van der Waals surface area contributed by atoms with E-state index in [9.17, 15) is 18.0 Å². The average molecular weight is 1090 g/mol. The summed E-state index contributed by atoms with van der Waals surface area (Å²) in [7, 11) is -4.00. The van der Waals surface area contributed by atoms with Gasteiger partial charge in [0.05, 0.1) is 5.71 Å². The smallest absolute Gasteiger partial charge is 0.430 e. The summed E-state index contributed by atoms with van der Waals surface area (Å²) in [6.07, 6.45) is 8.49. The van der Waals surface area contributed by atoms with Crippen molar-refractivity contribution < 1.29 is 27.9 Å². The zero-order valence-electron chi connectivity index (χ0n) is 41.2. The number of carbonyl (C=O) groups excluding carboxylic acids is 2. The van der Waals surface area contributed by atoms with E-state index in [1.54, 1.807) is 0 Å². The topological polar surface area (TPSA) is 114 Å². The Morgan fingerprint density at radius 3 is 1.53 bits per heavy atom. The van der Waals surface area contributed by atoms with Crippen LogP contribution in [0.2, 0.25) is 26.2 Å². The molecule has 8 rings (SSSR count). The first kappa shape index (κ1) is 60.5. The summed E-state index contributed by atoms with van der Waals surface area (Å²) >= 11 is 3.40. The van der Waals surface area contributed by atoms with E-state index in [-0.39, 0.29) is 20.6 Å². The largest absolute Gasteiger partial charge is 0.542 e. The van der Waals surface area contributed by atoms with Crippen molar-refractivity contribution in [2.75, 3.05) is 41.7 Å². The third-order valence-electron chi connectivity index (χ3n) is 12.6. The molecule has 0 unspecified atom stereocenters. The fraction of sp³-hybridized carbons (Fsp3) is 0.217. The highest BCUT2D eigenvalue weighted by Crippen LogP contribution is 2.42. The van der Waals surface area contributed by atoms with Crippen molar-refractivity contribution in [3.8, 4) is 0 Å². The van der Waals surface area contributed by atoms with Gasteiger partial charge in [-0.05, 0) is 135 Å². The lowest BCUT2D eigenvalue weighted by molar-refractivity contribution is -0.344. The van der Waals surface area contributed by atoms with Crippen LogP contribution < -0.4 is 36.2 Å². The highest BCUT2D eigenvalue weighted by Gasteiger charge is 2.41. The van der Waals surface area contributed by atoms with Crippen molar-refractivity contribution in [3.05, 3.63) is 221 Å². The number of hydrogen-bond donors (Lipinski definition) is 2. The second-order valence-electron chi connectivity index (χ2n) is 18.3. The highest BCUT2D eigenvalue weighted by atomic mass is 79.9. The molecule has 0 aromatic heterocycles. The summed E-state index contributed by atoms with van der Waals surface area (Å²) in [4.78, 5) is 26.6. The molecule has 0 amide bonds. The molecule has 7 nitrogen and oxygen atoms in total. The number of carbonyl (C=O) groups is 2. The highest BCUT2D eigenvalue weighted by molar-refractivity contribution is 9.10. The van der Waals surface area contributed by atoms with Gasteiger partial charge in [-0.25, -0.2) is 0 Å². The Hall–Kier alpha value is -6.81. The summed E-state index contributed by atoms with van der Waals surface area (Å²) in [5.41, 5.74) is 19.1. The number of nitrogens with two attached hydrogens (primary N) is 1. The first-order chi connectivity index (χ1) is 33.5. The van der Waals surface area contributed by atoms with Gasteiger partial charge in [0.2, 0.25) is 0 Å². The summed E-state index contributed by atoms with van der Waals surface area (Å²) in [6.45, 7) is 32.1. The summed E-state index contributed by atoms with van der Waals surface area (Å²) < 4.78 is 32.7. The van der Waals surface area contributed by atoms with Gasteiger partial charge in [0.25, 0.3) is 0 Å². The number of alkyl halides is 3. The predicted molar refractivity (Wildman–Crippen MR) is 312 cm³/mol. The lowest BCUT2D eigenvalue weighted by Crippen LogP contribution is -2.60. The Labute approximate surface area is 442 Å². The number of carboxylic acids is 1. The van der Waals surface area contributed by atoms with E-state index >= 15 is 0 Å². The van der Waals surface area contributed by atoms with Crippen LogP contribution in [0.3, 0.4) is 0 Å². The van der Waals surface area contributed by atoms with Crippen LogP contribution in [0.25, 0.3) is 5.57 Å². The molecule has 5 aromatic rings. The predicted octanol–water partition coefficient (Wildman–Crippen LogP) is 12.1. The number of carboxylic acid groups (broad SMARTS) is 1. The number of aliphatic carboxylic acids is 1. The Bertz CT molecular complexity index is 2870. The number of benzene rings is 5. The molecule has 0 saturated heterocycles. The molecule has 1 aliphatic carbocycles. The van der Waals surface area contributed by atoms with Gasteiger partial charge in [0, 0.05) is 58.8 Å². The molecule has 5 aromatic carbocycles. The molecule has 0 spiro atoms. The van der Waals surface area contributed by atoms with Crippen LogP contribution in [0.5, 0.6) is 0 Å². The second kappa shape index (κ2) is 25.7. The Kier molecular flexibility index (Phi) is 21.3. The van der Waals surface area contributed by atoms with Gasteiger partial charge >= 0.3 is 6.18 Å². The maximum absolute atomic E-state index is 13.4. The Morgan fingerprint density at radius 2 is 1.11 bits per heavy atom. The normalized spacial score (nSPS) is 14.0. The van der Waals surface area contributed by atoms with Crippen molar-refractivity contribution in [1.29, 1.82) is 5.41 Å². The van der Waals surface area contributed by atoms with Crippen molar-refractivity contribution in [2.45, 2.75) is 61.1 Å². The number of fused-ring (bicyclic) bond motifs is 4. The molecule has 0 fully saturated rings. The van der Waals surface area contributed by atoms with E-state index in [1.165, 1.54) is 58.6 Å². The fourth-order valence-electron chi connectivity index (χ4n) is 8.93. The van der Waals surface area contributed by atoms with Gasteiger partial charge in [-0.2, -0.15) is 13.2 Å². The average Bonchev–Trinajstić information content (AvgIpc) is 3.33. The van der Waals surface area contributed by atoms with Gasteiger partial charge in [0.1, 0.15) is 22.1 Å². The minimum Gasteiger partial charge on any atom is -0.542 e. The molecular weight excluding hydrogens is 1020 g/mol. The third-order valence-corrected chi connectivity index (χ3v) is 20.6. The number of allylic oxidation sites excluding steroid dienone is 5. The van der Waals surface area contributed by atoms with E-state index < -0.39 is 28.3 Å². The van der Waals surface area contributed by atoms with Crippen LogP contribution in [0.15, 0.2) is 187 Å². The number of nitrogens with one attached hydrogen (secondary N) is 1. The van der Waals surface area contributed by atoms with Gasteiger partial charge in [-0.1, -0.05) is 136 Å². The molecule has 13 heteroatoms. The zero-order chi connectivity index (χ0) is 52.4. The van der Waals surface area contributed by atoms with Gasteiger partial charge in [-0.3, -0.25) is 4.79 Å². The van der Waals surface area contributed by atoms with Crippen LogP contribution in [-0.4, -0.2) is 66.0 Å². The summed E-state index contributed by atoms with van der Waals surface area (Å²) in [6, 6.07) is 35.5. The number of nitrogens with zero attached hydrogens (tertiary/aromatic N) is 2. The molecule has 0 radical (unpaired) electrons. The minimum absolute atomic E-state index is 0. The van der Waals surface area contributed by atoms with Crippen LogP contribution in [0.4, 0.5) is 30.2 Å². The van der Waals surface area contributed by atoms with E-state index in [0.717, 1.165) is 54.4 Å². The molecule has 2 aliphatic heterocycles. The maximum atomic E-state index is 13.4. The summed E-state index contributed by atoms with van der Waals surface area (Å²) in [5, 5.41) is 22.0. The molecule has 73 heavy (non-hydrogen) atoms. The van der Waals surface area contributed by atoms with E-state index in [2.05, 4.69) is 159 Å². The van der Waals surface area contributed by atoms with Crippen molar-refractivity contribution in [1.82, 2.24) is 0 Å². The van der Waals surface area contributed by atoms with Gasteiger partial charge in [0.15, 0.2) is 5.78 Å². The standard InChI is InChI=1S/C27H32N2OSi.C22H22N2Si.C7H7Br.C2HF3O2.2CH4/c1-7-15-28(16-8-2)21-11-13-23-25(19-21)31(5,6)26-20-22(12-14-24(26)27(23)30)29(17-9-3)18-10-4;1-14-6-4-5-7-17(14)22-18-10-8-15(23)12-20(18)25(2,3)21-13-16(24)9-11-19(21)22;1-6-4-2-3-5-7(6)8;3-2(4,5)1(6)7;;/h7-14,19-20H,1-4,15-18H2,5-6H3;4-13,23H,24H2,1-3H3;2-5H,1H3;(H,6,7);2*1H4/p-1. The number of hydrogen-bond acceptors (Lipinski definition) is 7. The van der Waals surface area contributed by atoms with E-state index in [4.69, 9.17) is 21.0 Å². The van der Waals surface area contributed by atoms with Crippen LogP contribution >= 0.6 is 15.9 Å². The van der Waals surface area contributed by atoms with Gasteiger partial charge < -0.3 is 30.8 Å². The van der Waals surface area contributed by atoms with Gasteiger partial charge in [-0.15, -0.1) is 26.3 Å². The number of rotatable bonds is 11. The number of aryl methyl sites for hydroxylation is 2. The zero-order valence-corrected chi connectivity index (χ0v) is 44.8. The van der Waals surface area contributed by atoms with E-state index in [1.807, 2.05) is 78.9 Å². The first-order valence-corrected chi connectivity index (χ1v) is 29.8.